The van der Waals surface area contributed by atoms with Crippen molar-refractivity contribution in [2.75, 3.05) is 75.1 Å². The van der Waals surface area contributed by atoms with Gasteiger partial charge in [-0.15, -0.1) is 6.42 Å². The molecule has 14 heteroatoms. The van der Waals surface area contributed by atoms with E-state index in [1.807, 2.05) is 11.9 Å². The van der Waals surface area contributed by atoms with Crippen LogP contribution in [0.25, 0.3) is 0 Å². The number of fused-ring (bicyclic) bond motifs is 1. The van der Waals surface area contributed by atoms with Crippen LogP contribution in [0.4, 0.5) is 34.8 Å². The predicted molar refractivity (Wildman–Crippen MR) is 169 cm³/mol. The summed E-state index contributed by atoms with van der Waals surface area (Å²) in [6.45, 7) is 4.21. The van der Waals surface area contributed by atoms with Crippen molar-refractivity contribution < 1.29 is 31.9 Å². The van der Waals surface area contributed by atoms with Crippen LogP contribution in [-0.4, -0.2) is 98.7 Å². The van der Waals surface area contributed by atoms with E-state index in [9.17, 15) is 28.0 Å². The highest BCUT2D eigenvalue weighted by molar-refractivity contribution is 6.01. The number of amides is 2. The summed E-state index contributed by atoms with van der Waals surface area (Å²) in [5.41, 5.74) is -1.30. The van der Waals surface area contributed by atoms with E-state index in [2.05, 4.69) is 16.2 Å². The zero-order valence-corrected chi connectivity index (χ0v) is 26.5. The second-order valence-electron chi connectivity index (χ2n) is 11.5. The molecule has 1 aromatic carbocycles. The Morgan fingerprint density at radius 3 is 2.74 bits per heavy atom. The molecule has 2 aliphatic rings. The van der Waals surface area contributed by atoms with E-state index in [1.165, 1.54) is 37.1 Å². The lowest BCUT2D eigenvalue weighted by atomic mass is 10.0. The molecule has 2 aliphatic heterocycles. The summed E-state index contributed by atoms with van der Waals surface area (Å²) >= 11 is 0. The zero-order chi connectivity index (χ0) is 34.3. The molecule has 1 atom stereocenters. The molecule has 0 saturated carbocycles. The number of alkyl halides is 3. The number of likely N-dealkylation sites (tertiary alicyclic amines) is 1. The molecule has 0 spiro atoms. The molecule has 0 bridgehead atoms. The van der Waals surface area contributed by atoms with Crippen LogP contribution in [0.3, 0.4) is 0 Å². The van der Waals surface area contributed by atoms with Gasteiger partial charge in [0, 0.05) is 58.1 Å². The molecular weight excluding hydrogens is 618 g/mol. The first-order valence-corrected chi connectivity index (χ1v) is 15.1. The number of anilines is 3. The van der Waals surface area contributed by atoms with Crippen LogP contribution in [0.15, 0.2) is 36.4 Å². The van der Waals surface area contributed by atoms with Gasteiger partial charge in [-0.2, -0.15) is 18.4 Å². The maximum atomic E-state index is 15.2. The number of rotatable bonds is 11. The average molecular weight is 656 g/mol. The van der Waals surface area contributed by atoms with Crippen molar-refractivity contribution in [3.63, 3.8) is 0 Å². The SMILES string of the molecule is C#CCN(C)C/C=C/C(=O)N1CC(OCCCN2CC[C@H](Nc3nc(C)cc(C(F)(F)F)c3C#N)C(=O)N(C)c3cccc(F)c32)C1. The Balaban J connectivity index is 1.40. The Labute approximate surface area is 271 Å². The zero-order valence-electron chi connectivity index (χ0n) is 26.5. The number of ether oxygens (including phenoxy) is 1. The molecular formula is C33H37F4N7O3. The number of carbonyl (C=O) groups excluding carboxylic acids is 2. The topological polar surface area (TPSA) is 105 Å². The van der Waals surface area contributed by atoms with Gasteiger partial charge >= 0.3 is 6.18 Å². The molecule has 0 radical (unpaired) electrons. The van der Waals surface area contributed by atoms with Crippen LogP contribution in [-0.2, 0) is 20.5 Å². The summed E-state index contributed by atoms with van der Waals surface area (Å²) in [7, 11) is 3.33. The summed E-state index contributed by atoms with van der Waals surface area (Å²) < 4.78 is 62.3. The third-order valence-electron chi connectivity index (χ3n) is 7.96. The van der Waals surface area contributed by atoms with E-state index in [0.29, 0.717) is 51.4 Å². The fourth-order valence-electron chi connectivity index (χ4n) is 5.49. The summed E-state index contributed by atoms with van der Waals surface area (Å²) in [6, 6.07) is 5.68. The van der Waals surface area contributed by atoms with Gasteiger partial charge < -0.3 is 24.8 Å². The van der Waals surface area contributed by atoms with Crippen LogP contribution in [0.2, 0.25) is 0 Å². The standard InChI is InChI=1S/C33H37F4N7O3/c1-5-13-41(3)14-7-11-29(45)44-20-23(21-44)47-17-8-15-43-16-12-27(32(46)42(4)28-10-6-9-26(34)30(28)43)40-31-24(19-38)25(33(35,36)37)18-22(2)39-31/h1,6-7,9-11,18,23,27H,8,12-17,20-21H2,2-4H3,(H,39,40)/b11-7+/t27-/m0/s1. The van der Waals surface area contributed by atoms with E-state index in [4.69, 9.17) is 11.2 Å². The third-order valence-corrected chi connectivity index (χ3v) is 7.96. The fraction of sp³-hybridized carbons (Fsp3) is 0.455. The maximum Gasteiger partial charge on any atom is 0.417 e. The molecule has 4 rings (SSSR count). The number of likely N-dealkylation sites (N-methyl/N-ethyl adjacent to an activating group) is 2. The number of hydrogen-bond acceptors (Lipinski definition) is 8. The van der Waals surface area contributed by atoms with Crippen LogP contribution in [0, 0.1) is 36.4 Å². The molecule has 250 valence electrons. The molecule has 1 saturated heterocycles. The second kappa shape index (κ2) is 15.3. The van der Waals surface area contributed by atoms with Crippen LogP contribution < -0.4 is 15.1 Å². The molecule has 2 aromatic rings. The Morgan fingerprint density at radius 2 is 2.06 bits per heavy atom. The third kappa shape index (κ3) is 8.58. The minimum Gasteiger partial charge on any atom is -0.374 e. The quantitative estimate of drug-likeness (QED) is 0.169. The van der Waals surface area contributed by atoms with Crippen molar-refractivity contribution in [3.8, 4) is 18.4 Å². The highest BCUT2D eigenvalue weighted by atomic mass is 19.4. The minimum absolute atomic E-state index is 0.0267. The molecule has 47 heavy (non-hydrogen) atoms. The van der Waals surface area contributed by atoms with Crippen molar-refractivity contribution in [3.05, 3.63) is 59.1 Å². The lowest BCUT2D eigenvalue weighted by Gasteiger charge is -2.38. The van der Waals surface area contributed by atoms with Gasteiger partial charge in [-0.1, -0.05) is 18.1 Å². The molecule has 1 fully saturated rings. The average Bonchev–Trinajstić information content (AvgIpc) is 2.99. The van der Waals surface area contributed by atoms with Gasteiger partial charge in [0.05, 0.1) is 29.6 Å². The predicted octanol–water partition coefficient (Wildman–Crippen LogP) is 3.81. The van der Waals surface area contributed by atoms with Crippen molar-refractivity contribution in [2.24, 2.45) is 0 Å². The number of nitrogens with one attached hydrogen (secondary N) is 1. The van der Waals surface area contributed by atoms with E-state index in [0.717, 1.165) is 6.07 Å². The molecule has 1 N–H and O–H groups in total. The van der Waals surface area contributed by atoms with Crippen LogP contribution in [0.5, 0.6) is 0 Å². The molecule has 1 aromatic heterocycles. The molecule has 10 nitrogen and oxygen atoms in total. The second-order valence-corrected chi connectivity index (χ2v) is 11.5. The number of nitriles is 1. The summed E-state index contributed by atoms with van der Waals surface area (Å²) in [4.78, 5) is 36.6. The minimum atomic E-state index is -4.80. The Bertz CT molecular complexity index is 1580. The smallest absolute Gasteiger partial charge is 0.374 e. The number of aryl methyl sites for hydroxylation is 1. The van der Waals surface area contributed by atoms with E-state index in [-0.39, 0.29) is 42.2 Å². The number of para-hydroxylation sites is 1. The maximum absolute atomic E-state index is 15.2. The van der Waals surface area contributed by atoms with Gasteiger partial charge in [-0.3, -0.25) is 14.5 Å². The highest BCUT2D eigenvalue weighted by Crippen LogP contribution is 2.37. The molecule has 2 amide bonds. The number of hydrogen-bond donors (Lipinski definition) is 1. The van der Waals surface area contributed by atoms with Crippen molar-refractivity contribution in [1.29, 1.82) is 5.26 Å². The number of carbonyl (C=O) groups is 2. The van der Waals surface area contributed by atoms with Crippen LogP contribution >= 0.6 is 0 Å². The number of halogens is 4. The van der Waals surface area contributed by atoms with Gasteiger partial charge in [0.25, 0.3) is 0 Å². The van der Waals surface area contributed by atoms with Crippen LogP contribution in [0.1, 0.15) is 29.7 Å². The lowest BCUT2D eigenvalue weighted by Crippen LogP contribution is -2.54. The van der Waals surface area contributed by atoms with E-state index < -0.39 is 35.1 Å². The lowest BCUT2D eigenvalue weighted by molar-refractivity contribution is -0.139. The van der Waals surface area contributed by atoms with Crippen molar-refractivity contribution in [2.45, 2.75) is 38.1 Å². The summed E-state index contributed by atoms with van der Waals surface area (Å²) in [5.74, 6) is 1.05. The van der Waals surface area contributed by atoms with E-state index in [1.54, 1.807) is 28.0 Å². The summed E-state index contributed by atoms with van der Waals surface area (Å²) in [6.07, 6.45) is 4.23. The first kappa shape index (κ1) is 35.2. The number of aromatic nitrogens is 1. The normalized spacial score (nSPS) is 17.2. The van der Waals surface area contributed by atoms with Gasteiger partial charge in [0.1, 0.15) is 29.3 Å². The Morgan fingerprint density at radius 1 is 1.32 bits per heavy atom. The first-order valence-electron chi connectivity index (χ1n) is 15.1. The van der Waals surface area contributed by atoms with Gasteiger partial charge in [0.2, 0.25) is 11.8 Å². The van der Waals surface area contributed by atoms with Gasteiger partial charge in [-0.05, 0) is 45.0 Å². The van der Waals surface area contributed by atoms with Gasteiger partial charge in [0.15, 0.2) is 0 Å². The summed E-state index contributed by atoms with van der Waals surface area (Å²) in [5, 5.41) is 12.4. The van der Waals surface area contributed by atoms with Crippen molar-refractivity contribution in [1.82, 2.24) is 14.8 Å². The number of benzene rings is 1. The number of nitrogens with zero attached hydrogens (tertiary/aromatic N) is 6. The van der Waals surface area contributed by atoms with Gasteiger partial charge in [-0.25, -0.2) is 9.37 Å². The monoisotopic (exact) mass is 655 g/mol. The number of terminal acetylenes is 1. The van der Waals surface area contributed by atoms with E-state index >= 15 is 4.39 Å². The van der Waals surface area contributed by atoms with Crippen molar-refractivity contribution >= 4 is 29.0 Å². The first-order chi connectivity index (χ1) is 22.3. The molecule has 0 aliphatic carbocycles. The fourth-order valence-corrected chi connectivity index (χ4v) is 5.49. The highest BCUT2D eigenvalue weighted by Gasteiger charge is 2.37. The molecule has 3 heterocycles. The number of pyridine rings is 1. The molecule has 0 unspecified atom stereocenters. The largest absolute Gasteiger partial charge is 0.417 e. The Kier molecular flexibility index (Phi) is 11.4. The Hall–Kier alpha value is -4.66.